The lowest BCUT2D eigenvalue weighted by Crippen LogP contribution is -2.42. The van der Waals surface area contributed by atoms with E-state index >= 15 is 0 Å². The largest absolute Gasteiger partial charge is 0.494 e. The molecule has 1 aliphatic rings. The Morgan fingerprint density at radius 3 is 2.31 bits per heavy atom. The third-order valence-corrected chi connectivity index (χ3v) is 4.88. The van der Waals surface area contributed by atoms with Gasteiger partial charge in [-0.15, -0.1) is 0 Å². The highest BCUT2D eigenvalue weighted by Crippen LogP contribution is 2.09. The van der Waals surface area contributed by atoms with Crippen LogP contribution in [0.25, 0.3) is 0 Å². The second-order valence-corrected chi connectivity index (χ2v) is 6.71. The van der Waals surface area contributed by atoms with Crippen LogP contribution in [0.15, 0.2) is 39.9 Å². The first kappa shape index (κ1) is 18.4. The maximum Gasteiger partial charge on any atom is 0.333 e. The molecular formula is C19H24FN3O3. The topological polar surface area (TPSA) is 67.5 Å². The molecule has 26 heavy (non-hydrogen) atoms. The standard InChI is InChI=1S/C19H24FN3O3/c20-16-6-4-15(5-7-16)8-11-22-17(24)14-18(25)23(19(22)26)13-12-21-9-2-1-3-10-21/h4-7,14,25H,1-3,8-13H2. The van der Waals surface area contributed by atoms with E-state index in [4.69, 9.17) is 0 Å². The van der Waals surface area contributed by atoms with Gasteiger partial charge in [-0.05, 0) is 50.0 Å². The number of rotatable bonds is 6. The average Bonchev–Trinajstić information content (AvgIpc) is 2.63. The van der Waals surface area contributed by atoms with Crippen LogP contribution < -0.4 is 11.2 Å². The molecule has 1 N–H and O–H groups in total. The molecule has 1 aromatic carbocycles. The van der Waals surface area contributed by atoms with E-state index in [0.717, 1.165) is 42.1 Å². The molecule has 0 bridgehead atoms. The summed E-state index contributed by atoms with van der Waals surface area (Å²) in [4.78, 5) is 27.0. The average molecular weight is 361 g/mol. The van der Waals surface area contributed by atoms with Crippen molar-refractivity contribution >= 4 is 0 Å². The Labute approximate surface area is 151 Å². The van der Waals surface area contributed by atoms with Gasteiger partial charge in [0.05, 0.1) is 6.07 Å². The fraction of sp³-hybridized carbons (Fsp3) is 0.474. The lowest BCUT2D eigenvalue weighted by molar-refractivity contribution is 0.215. The Kier molecular flexibility index (Phi) is 5.88. The van der Waals surface area contributed by atoms with Crippen molar-refractivity contribution in [2.24, 2.45) is 0 Å². The summed E-state index contributed by atoms with van der Waals surface area (Å²) in [5, 5.41) is 10.0. The number of piperidine rings is 1. The van der Waals surface area contributed by atoms with Crippen molar-refractivity contribution in [3.8, 4) is 5.88 Å². The first-order chi connectivity index (χ1) is 12.5. The van der Waals surface area contributed by atoms with Crippen molar-refractivity contribution < 1.29 is 9.50 Å². The van der Waals surface area contributed by atoms with Crippen LogP contribution in [-0.4, -0.2) is 38.8 Å². The molecule has 0 aliphatic carbocycles. The number of halogens is 1. The zero-order chi connectivity index (χ0) is 18.5. The van der Waals surface area contributed by atoms with Crippen molar-refractivity contribution in [1.82, 2.24) is 14.0 Å². The number of hydrogen-bond donors (Lipinski definition) is 1. The molecule has 1 fully saturated rings. The van der Waals surface area contributed by atoms with E-state index < -0.39 is 11.2 Å². The minimum Gasteiger partial charge on any atom is -0.494 e. The number of benzene rings is 1. The summed E-state index contributed by atoms with van der Waals surface area (Å²) in [6.45, 7) is 3.21. The SMILES string of the molecule is O=c1cc(O)n(CCN2CCCCC2)c(=O)n1CCc1ccc(F)cc1. The molecule has 2 aromatic rings. The second kappa shape index (κ2) is 8.31. The van der Waals surface area contributed by atoms with Crippen LogP contribution in [-0.2, 0) is 19.5 Å². The molecule has 3 rings (SSSR count). The predicted octanol–water partition coefficient (Wildman–Crippen LogP) is 1.58. The Balaban J connectivity index is 1.73. The molecule has 1 aromatic heterocycles. The van der Waals surface area contributed by atoms with Gasteiger partial charge in [-0.3, -0.25) is 13.9 Å². The van der Waals surface area contributed by atoms with Crippen LogP contribution in [0.4, 0.5) is 4.39 Å². The molecule has 7 heteroatoms. The summed E-state index contributed by atoms with van der Waals surface area (Å²) in [5.74, 6) is -0.620. The van der Waals surface area contributed by atoms with Gasteiger partial charge in [-0.1, -0.05) is 18.6 Å². The molecule has 0 unspecified atom stereocenters. The van der Waals surface area contributed by atoms with E-state index in [1.54, 1.807) is 12.1 Å². The lowest BCUT2D eigenvalue weighted by Gasteiger charge is -2.26. The van der Waals surface area contributed by atoms with E-state index in [-0.39, 0.29) is 18.2 Å². The Morgan fingerprint density at radius 2 is 1.62 bits per heavy atom. The summed E-state index contributed by atoms with van der Waals surface area (Å²) in [7, 11) is 0. The minimum atomic E-state index is -0.524. The molecular weight excluding hydrogens is 337 g/mol. The quantitative estimate of drug-likeness (QED) is 0.848. The van der Waals surface area contributed by atoms with Gasteiger partial charge in [0.15, 0.2) is 0 Å². The predicted molar refractivity (Wildman–Crippen MR) is 97.0 cm³/mol. The van der Waals surface area contributed by atoms with Crippen LogP contribution in [0.5, 0.6) is 5.88 Å². The molecule has 1 saturated heterocycles. The number of nitrogens with zero attached hydrogens (tertiary/aromatic N) is 3. The molecule has 0 radical (unpaired) electrons. The molecule has 2 heterocycles. The summed E-state index contributed by atoms with van der Waals surface area (Å²) < 4.78 is 15.3. The molecule has 0 spiro atoms. The third-order valence-electron chi connectivity index (χ3n) is 4.88. The van der Waals surface area contributed by atoms with Crippen molar-refractivity contribution in [2.75, 3.05) is 19.6 Å². The lowest BCUT2D eigenvalue weighted by atomic mass is 10.1. The van der Waals surface area contributed by atoms with Gasteiger partial charge in [0.1, 0.15) is 5.82 Å². The van der Waals surface area contributed by atoms with Crippen LogP contribution in [0.1, 0.15) is 24.8 Å². The number of hydrogen-bond acceptors (Lipinski definition) is 4. The van der Waals surface area contributed by atoms with Crippen LogP contribution in [0, 0.1) is 5.82 Å². The van der Waals surface area contributed by atoms with Gasteiger partial charge in [0.25, 0.3) is 5.56 Å². The monoisotopic (exact) mass is 361 g/mol. The maximum absolute atomic E-state index is 13.0. The van der Waals surface area contributed by atoms with Gasteiger partial charge in [0.2, 0.25) is 5.88 Å². The van der Waals surface area contributed by atoms with E-state index in [9.17, 15) is 19.1 Å². The van der Waals surface area contributed by atoms with Gasteiger partial charge >= 0.3 is 5.69 Å². The van der Waals surface area contributed by atoms with Gasteiger partial charge < -0.3 is 10.0 Å². The Bertz CT molecular complexity index is 852. The Morgan fingerprint density at radius 1 is 0.923 bits per heavy atom. The van der Waals surface area contributed by atoms with Gasteiger partial charge in [-0.2, -0.15) is 0 Å². The summed E-state index contributed by atoms with van der Waals surface area (Å²) in [5.41, 5.74) is -0.191. The number of aromatic nitrogens is 2. The first-order valence-electron chi connectivity index (χ1n) is 9.05. The second-order valence-electron chi connectivity index (χ2n) is 6.71. The highest BCUT2D eigenvalue weighted by Gasteiger charge is 2.14. The molecule has 0 saturated carbocycles. The molecule has 0 amide bonds. The first-order valence-corrected chi connectivity index (χ1v) is 9.05. The molecule has 140 valence electrons. The summed E-state index contributed by atoms with van der Waals surface area (Å²) >= 11 is 0. The maximum atomic E-state index is 13.0. The normalized spacial score (nSPS) is 15.3. The highest BCUT2D eigenvalue weighted by molar-refractivity contribution is 5.16. The van der Waals surface area contributed by atoms with Gasteiger partial charge in [-0.25, -0.2) is 9.18 Å². The number of likely N-dealkylation sites (tertiary alicyclic amines) is 1. The van der Waals surface area contributed by atoms with Crippen molar-refractivity contribution in [3.63, 3.8) is 0 Å². The number of aryl methyl sites for hydroxylation is 1. The zero-order valence-corrected chi connectivity index (χ0v) is 14.7. The van der Waals surface area contributed by atoms with Gasteiger partial charge in [0, 0.05) is 19.6 Å². The van der Waals surface area contributed by atoms with Crippen LogP contribution >= 0.6 is 0 Å². The number of aromatic hydroxyl groups is 1. The van der Waals surface area contributed by atoms with E-state index in [1.165, 1.54) is 23.1 Å². The third kappa shape index (κ3) is 4.40. The van der Waals surface area contributed by atoms with Crippen LogP contribution in [0.3, 0.4) is 0 Å². The fourth-order valence-corrected chi connectivity index (χ4v) is 3.34. The molecule has 6 nitrogen and oxygen atoms in total. The van der Waals surface area contributed by atoms with E-state index in [0.29, 0.717) is 19.5 Å². The molecule has 0 atom stereocenters. The minimum absolute atomic E-state index is 0.188. The zero-order valence-electron chi connectivity index (χ0n) is 14.7. The van der Waals surface area contributed by atoms with Crippen molar-refractivity contribution in [2.45, 2.75) is 38.8 Å². The fourth-order valence-electron chi connectivity index (χ4n) is 3.34. The molecule has 1 aliphatic heterocycles. The van der Waals surface area contributed by atoms with E-state index in [1.807, 2.05) is 0 Å². The smallest absolute Gasteiger partial charge is 0.333 e. The summed E-state index contributed by atoms with van der Waals surface area (Å²) in [6.07, 6.45) is 3.97. The summed E-state index contributed by atoms with van der Waals surface area (Å²) in [6, 6.07) is 7.06. The Hall–Kier alpha value is -2.41. The van der Waals surface area contributed by atoms with Crippen molar-refractivity contribution in [3.05, 3.63) is 62.6 Å². The van der Waals surface area contributed by atoms with Crippen LogP contribution in [0.2, 0.25) is 0 Å². The van der Waals surface area contributed by atoms with E-state index in [2.05, 4.69) is 4.90 Å². The highest BCUT2D eigenvalue weighted by atomic mass is 19.1. The van der Waals surface area contributed by atoms with Crippen molar-refractivity contribution in [1.29, 1.82) is 0 Å².